The van der Waals surface area contributed by atoms with E-state index in [2.05, 4.69) is 63.0 Å². The summed E-state index contributed by atoms with van der Waals surface area (Å²) in [6.07, 6.45) is 0. The predicted molar refractivity (Wildman–Crippen MR) is 96.9 cm³/mol. The topological polar surface area (TPSA) is 29.2 Å². The van der Waals surface area contributed by atoms with Crippen molar-refractivity contribution in [3.63, 3.8) is 0 Å². The van der Waals surface area contributed by atoms with Gasteiger partial charge in [0.05, 0.1) is 20.7 Å². The summed E-state index contributed by atoms with van der Waals surface area (Å²) in [6.45, 7) is 2.90. The Balaban J connectivity index is 0.00000182. The van der Waals surface area contributed by atoms with Crippen molar-refractivity contribution in [2.45, 2.75) is 13.1 Å². The van der Waals surface area contributed by atoms with Crippen LogP contribution in [-0.2, 0) is 13.1 Å². The summed E-state index contributed by atoms with van der Waals surface area (Å²) < 4.78 is 10.2. The SMILES string of the molecule is CNC1=[N+](Cc2ccccc2)CCn2c1cc1cc(OC)ccc12.[Cl-]. The smallest absolute Gasteiger partial charge is 0.294 e. The molecule has 0 saturated carbocycles. The molecule has 130 valence electrons. The number of fused-ring (bicyclic) bond motifs is 3. The summed E-state index contributed by atoms with van der Waals surface area (Å²) in [4.78, 5) is 0. The summed E-state index contributed by atoms with van der Waals surface area (Å²) in [6, 6.07) is 19.2. The maximum atomic E-state index is 5.37. The lowest BCUT2D eigenvalue weighted by molar-refractivity contribution is -0.549. The average Bonchev–Trinajstić information content (AvgIpc) is 3.00. The quantitative estimate of drug-likeness (QED) is 0.662. The number of ether oxygens (including phenoxy) is 1. The van der Waals surface area contributed by atoms with Crippen molar-refractivity contribution in [1.82, 2.24) is 9.88 Å². The van der Waals surface area contributed by atoms with E-state index in [0.717, 1.165) is 25.4 Å². The normalized spacial score (nSPS) is 13.4. The molecule has 25 heavy (non-hydrogen) atoms. The van der Waals surface area contributed by atoms with Crippen molar-refractivity contribution in [2.24, 2.45) is 0 Å². The maximum absolute atomic E-state index is 5.37. The van der Waals surface area contributed by atoms with Crippen molar-refractivity contribution in [2.75, 3.05) is 20.7 Å². The van der Waals surface area contributed by atoms with Gasteiger partial charge in [-0.3, -0.25) is 9.89 Å². The molecule has 3 aromatic rings. The predicted octanol–water partition coefficient (Wildman–Crippen LogP) is -0.154. The fraction of sp³-hybridized carbons (Fsp3) is 0.250. The molecule has 2 heterocycles. The van der Waals surface area contributed by atoms with E-state index in [0.29, 0.717) is 0 Å². The number of nitrogens with zero attached hydrogens (tertiary/aromatic N) is 2. The Labute approximate surface area is 154 Å². The molecule has 1 aliphatic heterocycles. The number of halogens is 1. The van der Waals surface area contributed by atoms with Crippen LogP contribution in [0, 0.1) is 0 Å². The van der Waals surface area contributed by atoms with Crippen LogP contribution in [-0.4, -0.2) is 35.7 Å². The molecule has 4 nitrogen and oxygen atoms in total. The Hall–Kier alpha value is -2.46. The molecule has 0 radical (unpaired) electrons. The van der Waals surface area contributed by atoms with Crippen LogP contribution >= 0.6 is 0 Å². The fourth-order valence-electron chi connectivity index (χ4n) is 3.56. The summed E-state index contributed by atoms with van der Waals surface area (Å²) >= 11 is 0. The lowest BCUT2D eigenvalue weighted by Gasteiger charge is -2.20. The molecule has 0 fully saturated rings. The van der Waals surface area contributed by atoms with E-state index in [-0.39, 0.29) is 12.4 Å². The van der Waals surface area contributed by atoms with Gasteiger partial charge in [-0.2, -0.15) is 0 Å². The highest BCUT2D eigenvalue weighted by atomic mass is 35.5. The van der Waals surface area contributed by atoms with Crippen molar-refractivity contribution in [3.05, 3.63) is 65.9 Å². The molecule has 0 unspecified atom stereocenters. The van der Waals surface area contributed by atoms with Crippen LogP contribution in [0.15, 0.2) is 54.6 Å². The van der Waals surface area contributed by atoms with Crippen LogP contribution in [0.25, 0.3) is 10.9 Å². The summed E-state index contributed by atoms with van der Waals surface area (Å²) in [5.41, 5.74) is 3.83. The highest BCUT2D eigenvalue weighted by Crippen LogP contribution is 2.26. The van der Waals surface area contributed by atoms with Gasteiger partial charge < -0.3 is 21.7 Å². The first kappa shape index (κ1) is 17.4. The minimum atomic E-state index is 0. The van der Waals surface area contributed by atoms with Crippen molar-refractivity contribution in [1.29, 1.82) is 0 Å². The van der Waals surface area contributed by atoms with Gasteiger partial charge in [-0.25, -0.2) is 0 Å². The van der Waals surface area contributed by atoms with E-state index in [1.165, 1.54) is 28.0 Å². The molecule has 0 amide bonds. The summed E-state index contributed by atoms with van der Waals surface area (Å²) in [5, 5.41) is 4.63. The summed E-state index contributed by atoms with van der Waals surface area (Å²) in [7, 11) is 3.71. The molecule has 1 N–H and O–H groups in total. The number of hydrogen-bond donors (Lipinski definition) is 1. The molecule has 0 aliphatic carbocycles. The highest BCUT2D eigenvalue weighted by Gasteiger charge is 2.25. The number of methoxy groups -OCH3 is 1. The lowest BCUT2D eigenvalue weighted by atomic mass is 10.2. The van der Waals surface area contributed by atoms with E-state index >= 15 is 0 Å². The molecule has 4 rings (SSSR count). The van der Waals surface area contributed by atoms with Gasteiger partial charge in [-0.15, -0.1) is 0 Å². The fourth-order valence-corrected chi connectivity index (χ4v) is 3.56. The van der Waals surface area contributed by atoms with Crippen molar-refractivity contribution >= 4 is 16.7 Å². The van der Waals surface area contributed by atoms with E-state index in [4.69, 9.17) is 4.74 Å². The third kappa shape index (κ3) is 3.10. The van der Waals surface area contributed by atoms with Gasteiger partial charge in [-0.1, -0.05) is 30.3 Å². The molecule has 1 aliphatic rings. The minimum absolute atomic E-state index is 0. The Bertz CT molecular complexity index is 915. The first-order valence-corrected chi connectivity index (χ1v) is 8.31. The monoisotopic (exact) mass is 355 g/mol. The van der Waals surface area contributed by atoms with Gasteiger partial charge in [0.25, 0.3) is 5.84 Å². The van der Waals surface area contributed by atoms with Crippen LogP contribution in [0.3, 0.4) is 0 Å². The third-order valence-corrected chi connectivity index (χ3v) is 4.71. The molecule has 0 atom stereocenters. The standard InChI is InChI=1S/C20H21N3O.ClH/c1-21-20-19-13-16-12-17(24-2)8-9-18(16)23(19)11-10-22(20)14-15-6-4-3-5-7-15;/h3-9,12-13H,10-11,14H2,1-2H3;1H. The van der Waals surface area contributed by atoms with Crippen molar-refractivity contribution < 1.29 is 21.7 Å². The van der Waals surface area contributed by atoms with Crippen LogP contribution in [0.5, 0.6) is 5.75 Å². The number of amidine groups is 1. The van der Waals surface area contributed by atoms with Crippen LogP contribution in [0.1, 0.15) is 11.3 Å². The second-order valence-electron chi connectivity index (χ2n) is 6.11. The summed E-state index contributed by atoms with van der Waals surface area (Å²) in [5.74, 6) is 2.08. The molecular weight excluding hydrogens is 334 g/mol. The Morgan fingerprint density at radius 3 is 2.64 bits per heavy atom. The molecule has 0 spiro atoms. The highest BCUT2D eigenvalue weighted by molar-refractivity contribution is 5.99. The zero-order valence-electron chi connectivity index (χ0n) is 14.5. The molecular formula is C20H22ClN3O. The number of aromatic nitrogens is 1. The van der Waals surface area contributed by atoms with E-state index in [1.807, 2.05) is 13.1 Å². The Morgan fingerprint density at radius 2 is 1.92 bits per heavy atom. The minimum Gasteiger partial charge on any atom is -1.00 e. The average molecular weight is 356 g/mol. The molecule has 2 aromatic carbocycles. The van der Waals surface area contributed by atoms with Crippen LogP contribution in [0.4, 0.5) is 0 Å². The second-order valence-corrected chi connectivity index (χ2v) is 6.11. The first-order chi connectivity index (χ1) is 11.8. The lowest BCUT2D eigenvalue weighted by Crippen LogP contribution is -3.00. The van der Waals surface area contributed by atoms with Gasteiger partial charge in [0, 0.05) is 10.9 Å². The Morgan fingerprint density at radius 1 is 1.12 bits per heavy atom. The number of benzene rings is 2. The van der Waals surface area contributed by atoms with Crippen molar-refractivity contribution in [3.8, 4) is 5.75 Å². The van der Waals surface area contributed by atoms with E-state index in [9.17, 15) is 0 Å². The van der Waals surface area contributed by atoms with E-state index < -0.39 is 0 Å². The zero-order valence-corrected chi connectivity index (χ0v) is 15.3. The van der Waals surface area contributed by atoms with Gasteiger partial charge in [0.1, 0.15) is 24.5 Å². The number of nitrogens with one attached hydrogen (secondary N) is 1. The number of rotatable bonds is 3. The van der Waals surface area contributed by atoms with E-state index in [1.54, 1.807) is 7.11 Å². The Kier molecular flexibility index (Phi) is 5.00. The van der Waals surface area contributed by atoms with Gasteiger partial charge >= 0.3 is 0 Å². The molecule has 0 saturated heterocycles. The largest absolute Gasteiger partial charge is 1.00 e. The van der Waals surface area contributed by atoms with Crippen LogP contribution in [0.2, 0.25) is 0 Å². The second kappa shape index (κ2) is 7.19. The first-order valence-electron chi connectivity index (χ1n) is 8.31. The molecule has 0 bridgehead atoms. The number of hydrogen-bond acceptors (Lipinski definition) is 2. The molecule has 1 aromatic heterocycles. The molecule has 5 heteroatoms. The van der Waals surface area contributed by atoms with Gasteiger partial charge in [-0.05, 0) is 29.8 Å². The van der Waals surface area contributed by atoms with Gasteiger partial charge in [0.15, 0.2) is 0 Å². The van der Waals surface area contributed by atoms with Crippen LogP contribution < -0.4 is 22.5 Å². The maximum Gasteiger partial charge on any atom is 0.294 e. The zero-order chi connectivity index (χ0) is 16.5. The third-order valence-electron chi connectivity index (χ3n) is 4.71. The van der Waals surface area contributed by atoms with Gasteiger partial charge in [0.2, 0.25) is 0 Å².